The summed E-state index contributed by atoms with van der Waals surface area (Å²) in [5, 5.41) is 3.48. The molecule has 0 bridgehead atoms. The van der Waals surface area contributed by atoms with Gasteiger partial charge in [-0.2, -0.15) is 11.8 Å². The maximum absolute atomic E-state index is 13.4. The summed E-state index contributed by atoms with van der Waals surface area (Å²) in [4.78, 5) is 2.56. The van der Waals surface area contributed by atoms with Crippen molar-refractivity contribution in [2.75, 3.05) is 31.1 Å². The van der Waals surface area contributed by atoms with Crippen LogP contribution in [0.3, 0.4) is 0 Å². The van der Waals surface area contributed by atoms with Crippen LogP contribution in [-0.4, -0.2) is 42.1 Å². The van der Waals surface area contributed by atoms with E-state index in [0.717, 1.165) is 25.1 Å². The summed E-state index contributed by atoms with van der Waals surface area (Å²) in [6.45, 7) is 7.57. The number of halogens is 1. The highest BCUT2D eigenvalue weighted by Crippen LogP contribution is 2.21. The van der Waals surface area contributed by atoms with Crippen molar-refractivity contribution in [2.45, 2.75) is 32.4 Å². The molecule has 1 aliphatic heterocycles. The van der Waals surface area contributed by atoms with Gasteiger partial charge in [-0.1, -0.05) is 19.1 Å². The second-order valence-electron chi connectivity index (χ2n) is 5.41. The molecule has 1 aromatic carbocycles. The topological polar surface area (TPSA) is 15.3 Å². The molecule has 0 amide bonds. The fourth-order valence-corrected chi connectivity index (χ4v) is 3.83. The summed E-state index contributed by atoms with van der Waals surface area (Å²) in [5.41, 5.74) is 1.06. The zero-order valence-electron chi connectivity index (χ0n) is 12.4. The van der Waals surface area contributed by atoms with Crippen LogP contribution in [0.5, 0.6) is 0 Å². The molecule has 0 aliphatic carbocycles. The van der Waals surface area contributed by atoms with Crippen molar-refractivity contribution in [3.05, 3.63) is 35.6 Å². The van der Waals surface area contributed by atoms with Crippen LogP contribution in [0.4, 0.5) is 4.39 Å². The highest BCUT2D eigenvalue weighted by molar-refractivity contribution is 7.99. The van der Waals surface area contributed by atoms with Gasteiger partial charge < -0.3 is 5.32 Å². The molecule has 1 aromatic rings. The molecule has 2 unspecified atom stereocenters. The molecule has 0 aromatic heterocycles. The molecule has 1 heterocycles. The van der Waals surface area contributed by atoms with Gasteiger partial charge in [0.05, 0.1) is 0 Å². The Morgan fingerprint density at radius 1 is 1.50 bits per heavy atom. The monoisotopic (exact) mass is 296 g/mol. The quantitative estimate of drug-likeness (QED) is 0.867. The molecule has 2 nitrogen and oxygen atoms in total. The lowest BCUT2D eigenvalue weighted by Gasteiger charge is -2.34. The van der Waals surface area contributed by atoms with Crippen LogP contribution in [0.15, 0.2) is 24.3 Å². The van der Waals surface area contributed by atoms with E-state index in [1.54, 1.807) is 12.1 Å². The van der Waals surface area contributed by atoms with Crippen molar-refractivity contribution in [3.63, 3.8) is 0 Å². The van der Waals surface area contributed by atoms with Gasteiger partial charge in [0, 0.05) is 36.7 Å². The van der Waals surface area contributed by atoms with E-state index in [1.165, 1.54) is 24.1 Å². The minimum atomic E-state index is -0.145. The number of thioether (sulfide) groups is 1. The Bertz CT molecular complexity index is 413. The predicted octanol–water partition coefficient (Wildman–Crippen LogP) is 3.30. The molecule has 1 saturated heterocycles. The van der Waals surface area contributed by atoms with E-state index < -0.39 is 0 Å². The smallest absolute Gasteiger partial charge is 0.123 e. The van der Waals surface area contributed by atoms with E-state index in [9.17, 15) is 4.39 Å². The summed E-state index contributed by atoms with van der Waals surface area (Å²) in [6, 6.07) is 7.89. The minimum Gasteiger partial charge on any atom is -0.310 e. The second kappa shape index (κ2) is 8.01. The van der Waals surface area contributed by atoms with Crippen molar-refractivity contribution >= 4 is 11.8 Å². The first-order valence-corrected chi connectivity index (χ1v) is 8.66. The zero-order chi connectivity index (χ0) is 14.4. The Kier molecular flexibility index (Phi) is 6.33. The van der Waals surface area contributed by atoms with Crippen LogP contribution >= 0.6 is 11.8 Å². The predicted molar refractivity (Wildman–Crippen MR) is 85.8 cm³/mol. The number of hydrogen-bond donors (Lipinski definition) is 1. The summed E-state index contributed by atoms with van der Waals surface area (Å²) < 4.78 is 13.4. The van der Waals surface area contributed by atoms with Crippen LogP contribution in [0.2, 0.25) is 0 Å². The lowest BCUT2D eigenvalue weighted by atomic mass is 10.0. The van der Waals surface area contributed by atoms with Crippen molar-refractivity contribution in [1.82, 2.24) is 10.2 Å². The molecule has 112 valence electrons. The van der Waals surface area contributed by atoms with Crippen LogP contribution in [0, 0.1) is 5.82 Å². The van der Waals surface area contributed by atoms with Crippen molar-refractivity contribution in [3.8, 4) is 0 Å². The highest BCUT2D eigenvalue weighted by atomic mass is 32.2. The normalized spacial score (nSPS) is 21.9. The molecule has 4 heteroatoms. The van der Waals surface area contributed by atoms with Crippen molar-refractivity contribution < 1.29 is 4.39 Å². The highest BCUT2D eigenvalue weighted by Gasteiger charge is 2.20. The first-order chi connectivity index (χ1) is 9.70. The van der Waals surface area contributed by atoms with E-state index in [4.69, 9.17) is 0 Å². The van der Waals surface area contributed by atoms with Crippen molar-refractivity contribution in [2.24, 2.45) is 0 Å². The van der Waals surface area contributed by atoms with Crippen LogP contribution in [-0.2, 0) is 0 Å². The minimum absolute atomic E-state index is 0.145. The maximum atomic E-state index is 13.4. The van der Waals surface area contributed by atoms with Crippen LogP contribution in [0.25, 0.3) is 0 Å². The maximum Gasteiger partial charge on any atom is 0.123 e. The Morgan fingerprint density at radius 3 is 3.05 bits per heavy atom. The fraction of sp³-hybridized carbons (Fsp3) is 0.625. The van der Waals surface area contributed by atoms with Gasteiger partial charge in [0.1, 0.15) is 5.82 Å². The van der Waals surface area contributed by atoms with Crippen molar-refractivity contribution in [1.29, 1.82) is 0 Å². The molecule has 1 N–H and O–H groups in total. The first kappa shape index (κ1) is 15.8. The number of rotatable bonds is 6. The largest absolute Gasteiger partial charge is 0.310 e. The molecule has 0 saturated carbocycles. The van der Waals surface area contributed by atoms with Gasteiger partial charge in [-0.05, 0) is 37.6 Å². The molecule has 20 heavy (non-hydrogen) atoms. The Hall–Kier alpha value is -0.580. The average Bonchev–Trinajstić information content (AvgIpc) is 2.45. The third-order valence-corrected chi connectivity index (χ3v) is 5.10. The van der Waals surface area contributed by atoms with Crippen LogP contribution in [0.1, 0.15) is 31.9 Å². The standard InChI is InChI=1S/C16H25FN2S/c1-3-18-16(14-5-4-6-15(17)11-14)7-8-19-9-10-20-12-13(19)2/h4-6,11,13,16,18H,3,7-10,12H2,1-2H3. The molecule has 1 aliphatic rings. The lowest BCUT2D eigenvalue weighted by Crippen LogP contribution is -2.41. The SMILES string of the molecule is CCNC(CCN1CCSCC1C)c1cccc(F)c1. The molecule has 2 atom stereocenters. The van der Waals surface area contributed by atoms with E-state index in [-0.39, 0.29) is 11.9 Å². The fourth-order valence-electron chi connectivity index (χ4n) is 2.74. The third kappa shape index (κ3) is 4.47. The van der Waals surface area contributed by atoms with E-state index in [2.05, 4.69) is 24.1 Å². The third-order valence-electron chi connectivity index (χ3n) is 3.91. The summed E-state index contributed by atoms with van der Waals surface area (Å²) in [6.07, 6.45) is 1.03. The lowest BCUT2D eigenvalue weighted by molar-refractivity contribution is 0.219. The molecular weight excluding hydrogens is 271 g/mol. The molecule has 0 radical (unpaired) electrons. The van der Waals surface area contributed by atoms with Gasteiger partial charge in [0.2, 0.25) is 0 Å². The van der Waals surface area contributed by atoms with Gasteiger partial charge in [-0.25, -0.2) is 4.39 Å². The van der Waals surface area contributed by atoms with Gasteiger partial charge in [-0.3, -0.25) is 4.90 Å². The number of hydrogen-bond acceptors (Lipinski definition) is 3. The Balaban J connectivity index is 1.95. The van der Waals surface area contributed by atoms with Gasteiger partial charge in [0.15, 0.2) is 0 Å². The Morgan fingerprint density at radius 2 is 2.35 bits per heavy atom. The van der Waals surface area contributed by atoms with Gasteiger partial charge in [-0.15, -0.1) is 0 Å². The summed E-state index contributed by atoms with van der Waals surface area (Å²) in [7, 11) is 0. The number of benzene rings is 1. The number of nitrogens with zero attached hydrogens (tertiary/aromatic N) is 1. The Labute approximate surface area is 126 Å². The summed E-state index contributed by atoms with van der Waals surface area (Å²) in [5.74, 6) is 2.32. The molecule has 0 spiro atoms. The molecular formula is C16H25FN2S. The average molecular weight is 296 g/mol. The van der Waals surface area contributed by atoms with E-state index in [1.807, 2.05) is 17.8 Å². The number of nitrogens with one attached hydrogen (secondary N) is 1. The molecule has 2 rings (SSSR count). The van der Waals surface area contributed by atoms with Gasteiger partial charge >= 0.3 is 0 Å². The van der Waals surface area contributed by atoms with E-state index >= 15 is 0 Å². The van der Waals surface area contributed by atoms with E-state index in [0.29, 0.717) is 6.04 Å². The zero-order valence-corrected chi connectivity index (χ0v) is 13.3. The first-order valence-electron chi connectivity index (χ1n) is 7.51. The molecule has 1 fully saturated rings. The second-order valence-corrected chi connectivity index (χ2v) is 6.56. The summed E-state index contributed by atoms with van der Waals surface area (Å²) >= 11 is 2.04. The van der Waals surface area contributed by atoms with Crippen LogP contribution < -0.4 is 5.32 Å². The van der Waals surface area contributed by atoms with Gasteiger partial charge in [0.25, 0.3) is 0 Å².